The molecule has 18 N–H and O–H groups in total. The Balaban J connectivity index is 0.00000102. The summed E-state index contributed by atoms with van der Waals surface area (Å²) in [6, 6.07) is 7.94. The van der Waals surface area contributed by atoms with E-state index in [0.29, 0.717) is 36.7 Å². The number of hydrogen-bond donors (Lipinski definition) is 3. The van der Waals surface area contributed by atoms with E-state index in [1.165, 1.54) is 18.5 Å². The highest BCUT2D eigenvalue weighted by Crippen LogP contribution is 2.63. The molecule has 1 unspecified atom stereocenters. The number of methoxy groups -OCH3 is 2. The predicted octanol–water partition coefficient (Wildman–Crippen LogP) is -6.76. The van der Waals surface area contributed by atoms with Crippen molar-refractivity contribution in [1.29, 1.82) is 0 Å². The van der Waals surface area contributed by atoms with Crippen LogP contribution in [-0.2, 0) is 24.5 Å². The van der Waals surface area contributed by atoms with Crippen molar-refractivity contribution >= 4 is 35.1 Å². The number of carbonyl (C=O) groups is 4. The van der Waals surface area contributed by atoms with Crippen molar-refractivity contribution < 1.29 is 86.7 Å². The summed E-state index contributed by atoms with van der Waals surface area (Å²) in [5.74, 6) is -0.744. The molecule has 0 radical (unpaired) electrons. The number of nitro benzene ring substituents is 1. The number of ether oxygens (including phenoxy) is 3. The van der Waals surface area contributed by atoms with Crippen molar-refractivity contribution in [1.82, 2.24) is 5.32 Å². The van der Waals surface area contributed by atoms with Crippen LogP contribution < -0.4 is 35.4 Å². The Morgan fingerprint density at radius 3 is 2.25 bits per heavy atom. The Hall–Kier alpha value is -5.30. The fourth-order valence-electron chi connectivity index (χ4n) is 9.46. The number of benzene rings is 2. The first-order valence-electron chi connectivity index (χ1n) is 16.3. The van der Waals surface area contributed by atoms with Crippen LogP contribution in [-0.4, -0.2) is 125 Å². The lowest BCUT2D eigenvalue weighted by atomic mass is 9.53. The van der Waals surface area contributed by atoms with E-state index in [9.17, 15) is 34.4 Å². The minimum absolute atomic E-state index is 0. The molecule has 3 amide bonds. The Morgan fingerprint density at radius 1 is 1.05 bits per heavy atom. The zero-order valence-corrected chi connectivity index (χ0v) is 30.5. The molecule has 314 valence electrons. The van der Waals surface area contributed by atoms with Crippen LogP contribution in [0.2, 0.25) is 0 Å². The first-order valence-corrected chi connectivity index (χ1v) is 16.3. The Morgan fingerprint density at radius 2 is 1.68 bits per heavy atom. The summed E-state index contributed by atoms with van der Waals surface area (Å²) in [6.07, 6.45) is 4.61. The number of aliphatic carboxylic acids is 1. The predicted molar refractivity (Wildman–Crippen MR) is 194 cm³/mol. The molecule has 8 atom stereocenters. The molecule has 2 aromatic rings. The van der Waals surface area contributed by atoms with Crippen LogP contribution in [0.1, 0.15) is 41.6 Å². The molecule has 22 nitrogen and oxygen atoms in total. The van der Waals surface area contributed by atoms with Gasteiger partial charge in [0.1, 0.15) is 6.04 Å². The first-order chi connectivity index (χ1) is 23.5. The molecule has 22 heteroatoms. The van der Waals surface area contributed by atoms with Gasteiger partial charge in [-0.05, 0) is 35.3 Å². The highest BCUT2D eigenvalue weighted by molar-refractivity contribution is 6.00. The van der Waals surface area contributed by atoms with Crippen molar-refractivity contribution in [2.45, 2.75) is 55.3 Å². The highest BCUT2D eigenvalue weighted by atomic mass is 16.6. The molecule has 1 spiro atoms. The average molecular weight is 802 g/mol. The van der Waals surface area contributed by atoms with Gasteiger partial charge in [-0.25, -0.2) is 0 Å². The number of carboxylic acids is 1. The van der Waals surface area contributed by atoms with Crippen molar-refractivity contribution in [2.24, 2.45) is 17.6 Å². The van der Waals surface area contributed by atoms with E-state index in [0.717, 1.165) is 48.7 Å². The zero-order chi connectivity index (χ0) is 34.8. The molecule has 3 saturated heterocycles. The topological polar surface area (TPSA) is 428 Å². The maximum atomic E-state index is 13.5. The first kappa shape index (κ1) is 50.7. The highest BCUT2D eigenvalue weighted by Gasteiger charge is 2.73. The van der Waals surface area contributed by atoms with Crippen LogP contribution in [0.3, 0.4) is 0 Å². The number of fused-ring (bicyclic) bond motifs is 2. The molecular formula is C34H51N5O17. The molecule has 1 aliphatic carbocycles. The van der Waals surface area contributed by atoms with Gasteiger partial charge in [-0.2, -0.15) is 0 Å². The van der Waals surface area contributed by atoms with E-state index in [4.69, 9.17) is 19.9 Å². The number of nitrogens with two attached hydrogens (primary N) is 1. The lowest BCUT2D eigenvalue weighted by molar-refractivity contribution is -0.916. The van der Waals surface area contributed by atoms with Crippen molar-refractivity contribution in [3.63, 3.8) is 0 Å². The fraction of sp³-hybridized carbons (Fsp3) is 0.471. The van der Waals surface area contributed by atoms with Gasteiger partial charge in [0.2, 0.25) is 11.8 Å². The number of piperidine rings is 2. The van der Waals surface area contributed by atoms with Crippen LogP contribution in [0.25, 0.3) is 0 Å². The number of anilines is 1. The van der Waals surface area contributed by atoms with Gasteiger partial charge < -0.3 is 83.3 Å². The van der Waals surface area contributed by atoms with Gasteiger partial charge >= 0.3 is 0 Å². The van der Waals surface area contributed by atoms with E-state index in [1.54, 1.807) is 24.7 Å². The number of carboxylic acid groups (broad SMARTS) is 1. The number of hydrogen-bond acceptors (Lipinski definition) is 10. The molecule has 5 aliphatic heterocycles. The second-order valence-corrected chi connectivity index (χ2v) is 13.5. The number of primary amides is 1. The number of non-ortho nitro benzene ring substituents is 1. The maximum absolute atomic E-state index is 13.5. The number of carbonyl (C=O) groups excluding carboxylic acids is 4. The third-order valence-electron chi connectivity index (χ3n) is 11.3. The Bertz CT molecular complexity index is 1790. The lowest BCUT2D eigenvalue weighted by Crippen LogP contribution is -3.16. The fourth-order valence-corrected chi connectivity index (χ4v) is 9.46. The number of nitrogens with one attached hydrogen (secondary N) is 2. The smallest absolute Gasteiger partial charge is 0.269 e. The zero-order valence-electron chi connectivity index (χ0n) is 30.5. The summed E-state index contributed by atoms with van der Waals surface area (Å²) in [6.45, 7) is 2.98. The van der Waals surface area contributed by atoms with Gasteiger partial charge in [-0.15, -0.1) is 0 Å². The molecule has 2 bridgehead atoms. The SMILES string of the molecule is COc1cc2c(cc1OC)[C@@]13CC[NH+]4CC5=CCO[C@H]6CC(=O)N2[C@H]1[C@H]6[C@H]5C[C@H]43.NC(=O)C[C@@H](NC(=O)c1ccc([N+](=O)[O-])cc1)C(=O)[O-].O.O.O.O.O.O.O. The molecule has 1 saturated carbocycles. The molecule has 0 aromatic heterocycles. The molecule has 8 rings (SSSR count). The number of nitro groups is 1. The minimum Gasteiger partial charge on any atom is -0.548 e. The van der Waals surface area contributed by atoms with Gasteiger partial charge in [-0.1, -0.05) is 6.08 Å². The molecule has 2 aromatic carbocycles. The molecule has 56 heavy (non-hydrogen) atoms. The summed E-state index contributed by atoms with van der Waals surface area (Å²) in [4.78, 5) is 60.2. The van der Waals surface area contributed by atoms with Crippen LogP contribution in [0, 0.1) is 22.0 Å². The molecule has 5 heterocycles. The van der Waals surface area contributed by atoms with Gasteiger partial charge in [-0.3, -0.25) is 24.5 Å². The number of amides is 3. The summed E-state index contributed by atoms with van der Waals surface area (Å²) in [5, 5.41) is 23.2. The quantitative estimate of drug-likeness (QED) is 0.129. The van der Waals surface area contributed by atoms with Crippen molar-refractivity contribution in [3.05, 3.63) is 69.3 Å². The van der Waals surface area contributed by atoms with Crippen LogP contribution in [0.5, 0.6) is 11.5 Å². The van der Waals surface area contributed by atoms with E-state index >= 15 is 0 Å². The molecule has 4 fully saturated rings. The number of rotatable bonds is 8. The number of nitrogens with zero attached hydrogens (tertiary/aromatic N) is 2. The van der Waals surface area contributed by atoms with E-state index in [2.05, 4.69) is 23.1 Å². The van der Waals surface area contributed by atoms with E-state index < -0.39 is 35.2 Å². The van der Waals surface area contributed by atoms with Gasteiger partial charge in [0, 0.05) is 42.5 Å². The van der Waals surface area contributed by atoms with Crippen molar-refractivity contribution in [3.8, 4) is 11.5 Å². The standard InChI is InChI=1S/C23H26N2O4.C11H11N3O6.7H2O/c1-27-16-8-14-15(9-17(16)28-2)25-20(26)10-18-21-13-7-19-23(14,22(21)25)4-5-24(19)11-12(13)3-6-29-18;12-9(15)5-8(11(17)18)13-10(16)6-1-3-7(4-2-6)14(19)20;;;;;;;/h3,8-9,13,18-19,21-22H,4-7,10-11H2,1-2H3;1-4,8H,5H2,(H2,12,15)(H,13,16)(H,17,18);7*1H2/t13-,18-,19-,21-,22-,23+;8-;;;;;;;/m01......./s1. The molecule has 6 aliphatic rings. The van der Waals surface area contributed by atoms with Crippen LogP contribution >= 0.6 is 0 Å². The molecular weight excluding hydrogens is 750 g/mol. The van der Waals surface area contributed by atoms with E-state index in [-0.39, 0.29) is 73.1 Å². The minimum atomic E-state index is -1.65. The van der Waals surface area contributed by atoms with Gasteiger partial charge in [0.05, 0.1) is 86.9 Å². The van der Waals surface area contributed by atoms with Crippen molar-refractivity contribution in [2.75, 3.05) is 38.8 Å². The largest absolute Gasteiger partial charge is 0.548 e. The summed E-state index contributed by atoms with van der Waals surface area (Å²) >= 11 is 0. The Labute approximate surface area is 319 Å². The van der Waals surface area contributed by atoms with Crippen LogP contribution in [0.4, 0.5) is 11.4 Å². The monoisotopic (exact) mass is 801 g/mol. The lowest BCUT2D eigenvalue weighted by Gasteiger charge is -2.56. The summed E-state index contributed by atoms with van der Waals surface area (Å²) in [7, 11) is 3.37. The third-order valence-corrected chi connectivity index (χ3v) is 11.3. The Kier molecular flexibility index (Phi) is 17.2. The van der Waals surface area contributed by atoms with E-state index in [1.807, 2.05) is 5.32 Å². The van der Waals surface area contributed by atoms with Crippen LogP contribution in [0.15, 0.2) is 48.0 Å². The third kappa shape index (κ3) is 7.86. The normalized spacial score (nSPS) is 26.3. The average Bonchev–Trinajstić information content (AvgIpc) is 3.55. The summed E-state index contributed by atoms with van der Waals surface area (Å²) in [5.41, 5.74) is 8.60. The second-order valence-electron chi connectivity index (χ2n) is 13.5. The van der Waals surface area contributed by atoms with Gasteiger partial charge in [0.15, 0.2) is 11.5 Å². The summed E-state index contributed by atoms with van der Waals surface area (Å²) < 4.78 is 17.6. The second kappa shape index (κ2) is 19.0. The van der Waals surface area contributed by atoms with Gasteiger partial charge in [0.25, 0.3) is 11.6 Å². The maximum Gasteiger partial charge on any atom is 0.269 e. The number of quaternary nitrogens is 1.